The lowest BCUT2D eigenvalue weighted by Gasteiger charge is -2.38. The fourth-order valence-corrected chi connectivity index (χ4v) is 4.30. The zero-order chi connectivity index (χ0) is 16.5. The summed E-state index contributed by atoms with van der Waals surface area (Å²) in [5.74, 6) is 0.515. The van der Waals surface area contributed by atoms with Crippen LogP contribution in [0.15, 0.2) is 24.3 Å². The summed E-state index contributed by atoms with van der Waals surface area (Å²) in [7, 11) is 0. The summed E-state index contributed by atoms with van der Waals surface area (Å²) in [6.07, 6.45) is 4.30. The molecule has 1 atom stereocenters. The molecule has 1 aromatic rings. The molecule has 0 radical (unpaired) electrons. The van der Waals surface area contributed by atoms with E-state index in [9.17, 15) is 9.59 Å². The molecule has 0 bridgehead atoms. The number of fused-ring (bicyclic) bond motifs is 1. The van der Waals surface area contributed by atoms with Gasteiger partial charge in [-0.3, -0.25) is 9.59 Å². The van der Waals surface area contributed by atoms with Crippen LogP contribution in [0.5, 0.6) is 0 Å². The topological polar surface area (TPSA) is 52.7 Å². The van der Waals surface area contributed by atoms with Crippen molar-refractivity contribution in [3.8, 4) is 0 Å². The van der Waals surface area contributed by atoms with Crippen LogP contribution in [0.3, 0.4) is 0 Å². The van der Waals surface area contributed by atoms with Crippen molar-refractivity contribution in [2.45, 2.75) is 50.7 Å². The Labute approximate surface area is 143 Å². The van der Waals surface area contributed by atoms with E-state index in [0.29, 0.717) is 18.4 Å². The number of benzene rings is 1. The molecule has 3 aliphatic rings. The zero-order valence-corrected chi connectivity index (χ0v) is 14.0. The molecule has 0 unspecified atom stereocenters. The van der Waals surface area contributed by atoms with Gasteiger partial charge < -0.3 is 15.1 Å². The van der Waals surface area contributed by atoms with Crippen molar-refractivity contribution in [1.82, 2.24) is 15.1 Å². The van der Waals surface area contributed by atoms with E-state index in [1.165, 1.54) is 11.1 Å². The second-order valence-corrected chi connectivity index (χ2v) is 7.15. The first-order valence-corrected chi connectivity index (χ1v) is 9.11. The molecule has 1 N–H and O–H groups in total. The molecule has 1 aromatic carbocycles. The third kappa shape index (κ3) is 2.93. The van der Waals surface area contributed by atoms with Gasteiger partial charge in [0.15, 0.2) is 0 Å². The Morgan fingerprint density at radius 3 is 2.54 bits per heavy atom. The molecule has 2 amide bonds. The van der Waals surface area contributed by atoms with Gasteiger partial charge in [-0.2, -0.15) is 0 Å². The van der Waals surface area contributed by atoms with E-state index in [4.69, 9.17) is 0 Å². The molecule has 0 aromatic heterocycles. The summed E-state index contributed by atoms with van der Waals surface area (Å²) >= 11 is 0. The second kappa shape index (κ2) is 6.55. The molecular weight excluding hydrogens is 302 g/mol. The highest BCUT2D eigenvalue weighted by Gasteiger charge is 2.34. The zero-order valence-electron chi connectivity index (χ0n) is 14.0. The standard InChI is InChI=1S/C19H25N3O2/c23-18-6-3-9-22(18)16-7-10-21(11-8-16)19(24)17-12-14-4-1-2-5-15(14)13-20-17/h1-2,4-5,16-17,20H,3,6-13H2/t17-/m0/s1. The molecule has 2 saturated heterocycles. The van der Waals surface area contributed by atoms with Crippen molar-refractivity contribution in [2.75, 3.05) is 19.6 Å². The van der Waals surface area contributed by atoms with E-state index in [0.717, 1.165) is 51.9 Å². The van der Waals surface area contributed by atoms with E-state index < -0.39 is 0 Å². The van der Waals surface area contributed by atoms with Gasteiger partial charge in [-0.25, -0.2) is 0 Å². The van der Waals surface area contributed by atoms with Crippen LogP contribution in [0.4, 0.5) is 0 Å². The summed E-state index contributed by atoms with van der Waals surface area (Å²) in [6.45, 7) is 3.21. The van der Waals surface area contributed by atoms with Crippen LogP contribution in [0.2, 0.25) is 0 Å². The average Bonchev–Trinajstić information content (AvgIpc) is 3.07. The second-order valence-electron chi connectivity index (χ2n) is 7.15. The van der Waals surface area contributed by atoms with Crippen molar-refractivity contribution in [3.63, 3.8) is 0 Å². The first-order chi connectivity index (χ1) is 11.7. The van der Waals surface area contributed by atoms with Crippen molar-refractivity contribution in [3.05, 3.63) is 35.4 Å². The van der Waals surface area contributed by atoms with Gasteiger partial charge in [0.05, 0.1) is 6.04 Å². The Bertz CT molecular complexity index is 637. The molecule has 5 heteroatoms. The van der Waals surface area contributed by atoms with E-state index in [2.05, 4.69) is 17.4 Å². The molecule has 2 fully saturated rings. The monoisotopic (exact) mass is 327 g/mol. The fourth-order valence-electron chi connectivity index (χ4n) is 4.30. The summed E-state index contributed by atoms with van der Waals surface area (Å²) in [6, 6.07) is 8.58. The first-order valence-electron chi connectivity index (χ1n) is 9.11. The minimum absolute atomic E-state index is 0.107. The van der Waals surface area contributed by atoms with Crippen LogP contribution >= 0.6 is 0 Å². The summed E-state index contributed by atoms with van der Waals surface area (Å²) in [5, 5.41) is 3.39. The van der Waals surface area contributed by atoms with Gasteiger partial charge in [-0.1, -0.05) is 24.3 Å². The smallest absolute Gasteiger partial charge is 0.240 e. The quantitative estimate of drug-likeness (QED) is 0.891. The van der Waals surface area contributed by atoms with E-state index >= 15 is 0 Å². The molecular formula is C19H25N3O2. The van der Waals surface area contributed by atoms with E-state index in [1.54, 1.807) is 0 Å². The van der Waals surface area contributed by atoms with Crippen molar-refractivity contribution in [2.24, 2.45) is 0 Å². The maximum absolute atomic E-state index is 12.8. The van der Waals surface area contributed by atoms with Crippen LogP contribution in [0.1, 0.15) is 36.8 Å². The number of nitrogens with zero attached hydrogens (tertiary/aromatic N) is 2. The normalized spacial score (nSPS) is 25.0. The van der Waals surface area contributed by atoms with Crippen LogP contribution in [0, 0.1) is 0 Å². The SMILES string of the molecule is O=C([C@@H]1Cc2ccccc2CN1)N1CCC(N2CCCC2=O)CC1. The van der Waals surface area contributed by atoms with Crippen molar-refractivity contribution >= 4 is 11.8 Å². The van der Waals surface area contributed by atoms with Crippen molar-refractivity contribution < 1.29 is 9.59 Å². The highest BCUT2D eigenvalue weighted by atomic mass is 16.2. The number of carbonyl (C=O) groups excluding carboxylic acids is 2. The Hall–Kier alpha value is -1.88. The summed E-state index contributed by atoms with van der Waals surface area (Å²) in [4.78, 5) is 28.8. The van der Waals surface area contributed by atoms with Gasteiger partial charge >= 0.3 is 0 Å². The number of hydrogen-bond donors (Lipinski definition) is 1. The lowest BCUT2D eigenvalue weighted by molar-refractivity contribution is -0.136. The lowest BCUT2D eigenvalue weighted by Crippen LogP contribution is -2.53. The first kappa shape index (κ1) is 15.6. The van der Waals surface area contributed by atoms with E-state index in [1.807, 2.05) is 21.9 Å². The predicted molar refractivity (Wildman–Crippen MR) is 91.3 cm³/mol. The molecule has 0 saturated carbocycles. The molecule has 0 spiro atoms. The maximum atomic E-state index is 12.8. The van der Waals surface area contributed by atoms with Crippen molar-refractivity contribution in [1.29, 1.82) is 0 Å². The number of nitrogens with one attached hydrogen (secondary N) is 1. The molecule has 24 heavy (non-hydrogen) atoms. The Morgan fingerprint density at radius 2 is 1.83 bits per heavy atom. The number of likely N-dealkylation sites (tertiary alicyclic amines) is 2. The minimum Gasteiger partial charge on any atom is -0.341 e. The van der Waals surface area contributed by atoms with Crippen LogP contribution in [0.25, 0.3) is 0 Å². The van der Waals surface area contributed by atoms with Gasteiger partial charge in [-0.05, 0) is 36.8 Å². The Balaban J connectivity index is 1.34. The molecule has 4 rings (SSSR count). The maximum Gasteiger partial charge on any atom is 0.240 e. The number of rotatable bonds is 2. The highest BCUT2D eigenvalue weighted by molar-refractivity contribution is 5.83. The summed E-state index contributed by atoms with van der Waals surface area (Å²) < 4.78 is 0. The molecule has 5 nitrogen and oxygen atoms in total. The minimum atomic E-state index is -0.107. The Kier molecular flexibility index (Phi) is 4.27. The number of amides is 2. The van der Waals surface area contributed by atoms with Crippen LogP contribution < -0.4 is 5.32 Å². The van der Waals surface area contributed by atoms with Crippen LogP contribution in [-0.2, 0) is 22.6 Å². The molecule has 3 aliphatic heterocycles. The van der Waals surface area contributed by atoms with Gasteiger partial charge in [0.2, 0.25) is 11.8 Å². The summed E-state index contributed by atoms with van der Waals surface area (Å²) in [5.41, 5.74) is 2.58. The fraction of sp³-hybridized carbons (Fsp3) is 0.579. The largest absolute Gasteiger partial charge is 0.341 e. The van der Waals surface area contributed by atoms with Gasteiger partial charge in [0.25, 0.3) is 0 Å². The van der Waals surface area contributed by atoms with Gasteiger partial charge in [-0.15, -0.1) is 0 Å². The predicted octanol–water partition coefficient (Wildman–Crippen LogP) is 1.31. The molecule has 128 valence electrons. The number of carbonyl (C=O) groups is 2. The Morgan fingerprint density at radius 1 is 1.08 bits per heavy atom. The average molecular weight is 327 g/mol. The lowest BCUT2D eigenvalue weighted by atomic mass is 9.94. The van der Waals surface area contributed by atoms with Crippen LogP contribution in [-0.4, -0.2) is 53.3 Å². The molecule has 0 aliphatic carbocycles. The highest BCUT2D eigenvalue weighted by Crippen LogP contribution is 2.23. The molecule has 3 heterocycles. The number of piperidine rings is 1. The third-order valence-corrected chi connectivity index (χ3v) is 5.71. The number of hydrogen-bond acceptors (Lipinski definition) is 3. The van der Waals surface area contributed by atoms with Gasteiger partial charge in [0, 0.05) is 38.6 Å². The van der Waals surface area contributed by atoms with Gasteiger partial charge in [0.1, 0.15) is 0 Å². The third-order valence-electron chi connectivity index (χ3n) is 5.71. The van der Waals surface area contributed by atoms with E-state index in [-0.39, 0.29) is 11.9 Å².